The molecule has 1 amide bonds. The second kappa shape index (κ2) is 7.06. The predicted octanol–water partition coefficient (Wildman–Crippen LogP) is 2.87. The third kappa shape index (κ3) is 5.06. The lowest BCUT2D eigenvalue weighted by atomic mass is 10.0. The molecule has 0 spiro atoms. The summed E-state index contributed by atoms with van der Waals surface area (Å²) >= 11 is 0. The average Bonchev–Trinajstić information content (AvgIpc) is 2.44. The van der Waals surface area contributed by atoms with Crippen molar-refractivity contribution in [1.82, 2.24) is 5.32 Å². The number of anilines is 1. The van der Waals surface area contributed by atoms with Gasteiger partial charge in [-0.2, -0.15) is 0 Å². The van der Waals surface area contributed by atoms with Gasteiger partial charge >= 0.3 is 0 Å². The lowest BCUT2D eigenvalue weighted by molar-refractivity contribution is -0.385. The molecule has 0 saturated heterocycles. The van der Waals surface area contributed by atoms with Gasteiger partial charge in [0.05, 0.1) is 11.5 Å². The van der Waals surface area contributed by atoms with E-state index in [4.69, 9.17) is 0 Å². The maximum absolute atomic E-state index is 11.8. The van der Waals surface area contributed by atoms with Crippen LogP contribution in [0.1, 0.15) is 39.7 Å². The highest BCUT2D eigenvalue weighted by atomic mass is 16.6. The van der Waals surface area contributed by atoms with E-state index in [9.17, 15) is 14.9 Å². The van der Waals surface area contributed by atoms with Crippen molar-refractivity contribution in [3.8, 4) is 0 Å². The van der Waals surface area contributed by atoms with E-state index in [1.807, 2.05) is 27.7 Å². The van der Waals surface area contributed by atoms with Crippen LogP contribution < -0.4 is 10.6 Å². The van der Waals surface area contributed by atoms with Gasteiger partial charge < -0.3 is 10.6 Å². The van der Waals surface area contributed by atoms with Gasteiger partial charge in [0.1, 0.15) is 0 Å². The largest absolute Gasteiger partial charge is 0.376 e. The normalized spacial score (nSPS) is 11.0. The summed E-state index contributed by atoms with van der Waals surface area (Å²) in [5.74, 6) is -0.135. The zero-order valence-corrected chi connectivity index (χ0v) is 13.0. The van der Waals surface area contributed by atoms with Crippen LogP contribution in [0, 0.1) is 10.1 Å². The van der Waals surface area contributed by atoms with Crippen LogP contribution in [0.4, 0.5) is 11.4 Å². The number of hydrogen-bond acceptors (Lipinski definition) is 4. The maximum atomic E-state index is 11.8. The standard InChI is InChI=1S/C15H23N3O3/c1-5-11-7-8-12(9-13(11)18(20)21)16-10-14(19)17-15(3,4)6-2/h7-9,16H,5-6,10H2,1-4H3,(H,17,19). The fraction of sp³-hybridized carbons (Fsp3) is 0.533. The van der Waals surface area contributed by atoms with E-state index in [1.165, 1.54) is 6.07 Å². The number of nitro benzene ring substituents is 1. The molecular formula is C15H23N3O3. The van der Waals surface area contributed by atoms with E-state index in [1.54, 1.807) is 12.1 Å². The topological polar surface area (TPSA) is 84.3 Å². The number of carbonyl (C=O) groups excluding carboxylic acids is 1. The summed E-state index contributed by atoms with van der Waals surface area (Å²) in [7, 11) is 0. The molecule has 6 heteroatoms. The zero-order chi connectivity index (χ0) is 16.0. The van der Waals surface area contributed by atoms with E-state index in [2.05, 4.69) is 10.6 Å². The molecule has 0 aliphatic heterocycles. The van der Waals surface area contributed by atoms with Crippen LogP contribution in [0.3, 0.4) is 0 Å². The first-order valence-corrected chi connectivity index (χ1v) is 7.11. The summed E-state index contributed by atoms with van der Waals surface area (Å²) in [5.41, 5.74) is 1.08. The lowest BCUT2D eigenvalue weighted by Gasteiger charge is -2.24. The molecule has 0 aromatic heterocycles. The van der Waals surface area contributed by atoms with Gasteiger partial charge in [0.25, 0.3) is 5.69 Å². The molecule has 1 aromatic rings. The molecule has 0 aliphatic rings. The van der Waals surface area contributed by atoms with Crippen molar-refractivity contribution >= 4 is 17.3 Å². The van der Waals surface area contributed by atoms with Gasteiger partial charge in [-0.1, -0.05) is 19.9 Å². The third-order valence-corrected chi connectivity index (χ3v) is 3.48. The van der Waals surface area contributed by atoms with E-state index in [0.29, 0.717) is 17.7 Å². The summed E-state index contributed by atoms with van der Waals surface area (Å²) in [6, 6.07) is 4.94. The fourth-order valence-electron chi connectivity index (χ4n) is 1.84. The molecule has 0 unspecified atom stereocenters. The molecule has 0 fully saturated rings. The SMILES string of the molecule is CCc1ccc(NCC(=O)NC(C)(C)CC)cc1[N+](=O)[O-]. The van der Waals surface area contributed by atoms with Gasteiger partial charge in [-0.25, -0.2) is 0 Å². The number of nitro groups is 1. The smallest absolute Gasteiger partial charge is 0.274 e. The molecule has 0 atom stereocenters. The Morgan fingerprint density at radius 1 is 1.33 bits per heavy atom. The van der Waals surface area contributed by atoms with Crippen LogP contribution in [0.25, 0.3) is 0 Å². The van der Waals surface area contributed by atoms with Crippen LogP contribution in [-0.4, -0.2) is 22.9 Å². The third-order valence-electron chi connectivity index (χ3n) is 3.48. The summed E-state index contributed by atoms with van der Waals surface area (Å²) in [4.78, 5) is 22.4. The Hall–Kier alpha value is -2.11. The summed E-state index contributed by atoms with van der Waals surface area (Å²) in [6.07, 6.45) is 1.43. The highest BCUT2D eigenvalue weighted by Gasteiger charge is 2.18. The van der Waals surface area contributed by atoms with Crippen molar-refractivity contribution in [2.24, 2.45) is 0 Å². The predicted molar refractivity (Wildman–Crippen MR) is 83.5 cm³/mol. The van der Waals surface area contributed by atoms with Crippen LogP contribution in [-0.2, 0) is 11.2 Å². The molecule has 6 nitrogen and oxygen atoms in total. The maximum Gasteiger partial charge on any atom is 0.274 e. The van der Waals surface area contributed by atoms with E-state index < -0.39 is 4.92 Å². The first-order valence-electron chi connectivity index (χ1n) is 7.11. The average molecular weight is 293 g/mol. The van der Waals surface area contributed by atoms with E-state index >= 15 is 0 Å². The van der Waals surface area contributed by atoms with Crippen LogP contribution in [0.15, 0.2) is 18.2 Å². The Kier molecular flexibility index (Phi) is 5.69. The summed E-state index contributed by atoms with van der Waals surface area (Å²) < 4.78 is 0. The van der Waals surface area contributed by atoms with Crippen molar-refractivity contribution in [3.05, 3.63) is 33.9 Å². The first kappa shape index (κ1) is 16.9. The van der Waals surface area contributed by atoms with E-state index in [-0.39, 0.29) is 23.7 Å². The number of nitrogens with zero attached hydrogens (tertiary/aromatic N) is 1. The number of rotatable bonds is 7. The second-order valence-corrected chi connectivity index (χ2v) is 5.59. The molecular weight excluding hydrogens is 270 g/mol. The van der Waals surface area contributed by atoms with Crippen LogP contribution in [0.2, 0.25) is 0 Å². The van der Waals surface area contributed by atoms with Crippen molar-refractivity contribution < 1.29 is 9.72 Å². The van der Waals surface area contributed by atoms with Gasteiger partial charge in [-0.3, -0.25) is 14.9 Å². The van der Waals surface area contributed by atoms with Crippen molar-refractivity contribution in [1.29, 1.82) is 0 Å². The second-order valence-electron chi connectivity index (χ2n) is 5.59. The molecule has 2 N–H and O–H groups in total. The van der Waals surface area contributed by atoms with Crippen LogP contribution >= 0.6 is 0 Å². The van der Waals surface area contributed by atoms with Crippen LogP contribution in [0.5, 0.6) is 0 Å². The highest BCUT2D eigenvalue weighted by molar-refractivity contribution is 5.81. The number of nitrogens with one attached hydrogen (secondary N) is 2. The summed E-state index contributed by atoms with van der Waals surface area (Å²) in [6.45, 7) is 7.86. The Labute approximate surface area is 125 Å². The van der Waals surface area contributed by atoms with Crippen molar-refractivity contribution in [2.45, 2.75) is 46.1 Å². The number of aryl methyl sites for hydroxylation is 1. The quantitative estimate of drug-likeness (QED) is 0.598. The minimum atomic E-state index is -0.399. The molecule has 0 heterocycles. The number of carbonyl (C=O) groups is 1. The zero-order valence-electron chi connectivity index (χ0n) is 13.0. The van der Waals surface area contributed by atoms with E-state index in [0.717, 1.165) is 6.42 Å². The Balaban J connectivity index is 2.70. The molecule has 0 saturated carbocycles. The monoisotopic (exact) mass is 293 g/mol. The Morgan fingerprint density at radius 2 is 2.00 bits per heavy atom. The molecule has 1 rings (SSSR count). The molecule has 116 valence electrons. The minimum absolute atomic E-state index is 0.0804. The fourth-order valence-corrected chi connectivity index (χ4v) is 1.84. The number of amides is 1. The molecule has 0 aliphatic carbocycles. The summed E-state index contributed by atoms with van der Waals surface area (Å²) in [5, 5.41) is 16.8. The van der Waals surface area contributed by atoms with Gasteiger partial charge in [-0.05, 0) is 32.8 Å². The molecule has 0 radical (unpaired) electrons. The molecule has 0 bridgehead atoms. The lowest BCUT2D eigenvalue weighted by Crippen LogP contribution is -2.45. The number of benzene rings is 1. The first-order chi connectivity index (χ1) is 9.79. The van der Waals surface area contributed by atoms with Gasteiger partial charge in [-0.15, -0.1) is 0 Å². The Bertz CT molecular complexity index is 527. The molecule has 1 aromatic carbocycles. The highest BCUT2D eigenvalue weighted by Crippen LogP contribution is 2.23. The van der Waals surface area contributed by atoms with Gasteiger partial charge in [0.15, 0.2) is 0 Å². The number of hydrogen-bond donors (Lipinski definition) is 2. The van der Waals surface area contributed by atoms with Gasteiger partial charge in [0.2, 0.25) is 5.91 Å². The van der Waals surface area contributed by atoms with Crippen molar-refractivity contribution in [2.75, 3.05) is 11.9 Å². The van der Waals surface area contributed by atoms with Crippen molar-refractivity contribution in [3.63, 3.8) is 0 Å². The Morgan fingerprint density at radius 3 is 2.52 bits per heavy atom. The van der Waals surface area contributed by atoms with Gasteiger partial charge in [0, 0.05) is 22.9 Å². The molecule has 21 heavy (non-hydrogen) atoms. The minimum Gasteiger partial charge on any atom is -0.376 e.